The fraction of sp³-hybridized carbons (Fsp3) is 0.462. The Morgan fingerprint density at radius 3 is 2.81 bits per heavy atom. The van der Waals surface area contributed by atoms with Gasteiger partial charge in [-0.15, -0.1) is 0 Å². The van der Waals surface area contributed by atoms with Gasteiger partial charge in [0.1, 0.15) is 5.75 Å². The molecule has 1 aromatic rings. The average molecular weight is 333 g/mol. The Labute approximate surface area is 128 Å². The maximum Gasteiger partial charge on any atom is 0.319 e. The van der Waals surface area contributed by atoms with Crippen LogP contribution in [0.3, 0.4) is 0 Å². The fourth-order valence-corrected chi connectivity index (χ4v) is 4.24. The highest BCUT2D eigenvalue weighted by Crippen LogP contribution is 2.26. The van der Waals surface area contributed by atoms with Crippen molar-refractivity contribution in [3.8, 4) is 5.75 Å². The van der Waals surface area contributed by atoms with Crippen molar-refractivity contribution < 1.29 is 17.9 Å². The molecule has 0 radical (unpaired) electrons. The quantitative estimate of drug-likeness (QED) is 0.882. The lowest BCUT2D eigenvalue weighted by atomic mass is 10.1. The van der Waals surface area contributed by atoms with E-state index in [1.807, 2.05) is 0 Å². The third-order valence-corrected chi connectivity index (χ3v) is 5.45. The highest BCUT2D eigenvalue weighted by Gasteiger charge is 2.27. The topological polar surface area (TPSA) is 84.5 Å². The molecular weight excluding hydrogens is 316 g/mol. The Morgan fingerprint density at radius 1 is 1.48 bits per heavy atom. The molecule has 1 fully saturated rings. The molecule has 1 atom stereocenters. The van der Waals surface area contributed by atoms with Gasteiger partial charge in [0, 0.05) is 12.6 Å². The second-order valence-electron chi connectivity index (χ2n) is 4.95. The summed E-state index contributed by atoms with van der Waals surface area (Å²) >= 11 is 6.02. The minimum atomic E-state index is -2.92. The maximum absolute atomic E-state index is 11.8. The van der Waals surface area contributed by atoms with Gasteiger partial charge in [0.25, 0.3) is 0 Å². The zero-order chi connectivity index (χ0) is 15.5. The number of hydrogen-bond acceptors (Lipinski definition) is 4. The number of carbonyl (C=O) groups is 1. The van der Waals surface area contributed by atoms with Crippen molar-refractivity contribution in [1.82, 2.24) is 5.32 Å². The molecule has 0 aromatic heterocycles. The van der Waals surface area contributed by atoms with Gasteiger partial charge in [0.15, 0.2) is 9.84 Å². The molecule has 21 heavy (non-hydrogen) atoms. The Balaban J connectivity index is 1.85. The zero-order valence-corrected chi connectivity index (χ0v) is 13.1. The molecule has 2 amide bonds. The summed E-state index contributed by atoms with van der Waals surface area (Å²) in [5.74, 6) is 0.913. The number of methoxy groups -OCH3 is 1. The van der Waals surface area contributed by atoms with Gasteiger partial charge in [-0.2, -0.15) is 0 Å². The molecule has 1 aliphatic rings. The molecule has 0 unspecified atom stereocenters. The van der Waals surface area contributed by atoms with Crippen molar-refractivity contribution >= 4 is 33.2 Å². The molecule has 0 aliphatic carbocycles. The Bertz CT molecular complexity index is 633. The molecule has 116 valence electrons. The van der Waals surface area contributed by atoms with Gasteiger partial charge in [0.05, 0.1) is 29.3 Å². The highest BCUT2D eigenvalue weighted by molar-refractivity contribution is 7.91. The van der Waals surface area contributed by atoms with Crippen molar-refractivity contribution in [3.05, 3.63) is 23.2 Å². The normalized spacial score (nSPS) is 20.0. The van der Waals surface area contributed by atoms with E-state index in [0.29, 0.717) is 29.4 Å². The number of hydrogen-bond donors (Lipinski definition) is 2. The summed E-state index contributed by atoms with van der Waals surface area (Å²) in [6, 6.07) is 4.51. The van der Waals surface area contributed by atoms with Crippen LogP contribution in [0.5, 0.6) is 5.75 Å². The summed E-state index contributed by atoms with van der Waals surface area (Å²) < 4.78 is 27.7. The van der Waals surface area contributed by atoms with Gasteiger partial charge in [0.2, 0.25) is 0 Å². The van der Waals surface area contributed by atoms with Crippen molar-refractivity contribution in [2.45, 2.75) is 6.42 Å². The van der Waals surface area contributed by atoms with E-state index in [2.05, 4.69) is 10.6 Å². The van der Waals surface area contributed by atoms with Crippen LogP contribution >= 0.6 is 11.6 Å². The molecule has 1 heterocycles. The summed E-state index contributed by atoms with van der Waals surface area (Å²) in [7, 11) is -1.39. The van der Waals surface area contributed by atoms with Crippen molar-refractivity contribution in [2.75, 3.05) is 30.5 Å². The number of sulfone groups is 1. The highest BCUT2D eigenvalue weighted by atomic mass is 35.5. The van der Waals surface area contributed by atoms with E-state index in [4.69, 9.17) is 16.3 Å². The van der Waals surface area contributed by atoms with Gasteiger partial charge in [-0.1, -0.05) is 11.6 Å². The van der Waals surface area contributed by atoms with Crippen LogP contribution in [0.4, 0.5) is 10.5 Å². The van der Waals surface area contributed by atoms with Crippen LogP contribution in [-0.2, 0) is 9.84 Å². The molecule has 0 saturated carbocycles. The standard InChI is InChI=1S/C13H17ClN2O4S/c1-20-10-2-3-12(11(14)6-10)16-13(17)15-7-9-4-5-21(18,19)8-9/h2-3,6,9H,4-5,7-8H2,1H3,(H2,15,16,17)/t9-/m1/s1. The minimum absolute atomic E-state index is 0.0212. The number of anilines is 1. The molecule has 8 heteroatoms. The number of nitrogens with one attached hydrogen (secondary N) is 2. The van der Waals surface area contributed by atoms with Gasteiger partial charge >= 0.3 is 6.03 Å². The molecule has 6 nitrogen and oxygen atoms in total. The third kappa shape index (κ3) is 4.50. The van der Waals surface area contributed by atoms with E-state index in [-0.39, 0.29) is 17.4 Å². The molecule has 0 bridgehead atoms. The Morgan fingerprint density at radius 2 is 2.24 bits per heavy atom. The smallest absolute Gasteiger partial charge is 0.319 e. The van der Waals surface area contributed by atoms with E-state index in [9.17, 15) is 13.2 Å². The summed E-state index contributed by atoms with van der Waals surface area (Å²) in [4.78, 5) is 11.8. The summed E-state index contributed by atoms with van der Waals surface area (Å²) in [5.41, 5.74) is 0.467. The monoisotopic (exact) mass is 332 g/mol. The number of benzene rings is 1. The Hall–Kier alpha value is -1.47. The summed E-state index contributed by atoms with van der Waals surface area (Å²) in [6.07, 6.45) is 0.589. The first-order chi connectivity index (χ1) is 9.89. The van der Waals surface area contributed by atoms with E-state index in [0.717, 1.165) is 0 Å². The minimum Gasteiger partial charge on any atom is -0.497 e. The van der Waals surface area contributed by atoms with Crippen molar-refractivity contribution in [1.29, 1.82) is 0 Å². The van der Waals surface area contributed by atoms with E-state index in [1.165, 1.54) is 7.11 Å². The van der Waals surface area contributed by atoms with Crippen LogP contribution in [0.15, 0.2) is 18.2 Å². The van der Waals surface area contributed by atoms with Gasteiger partial charge in [-0.25, -0.2) is 13.2 Å². The van der Waals surface area contributed by atoms with Crippen LogP contribution in [-0.4, -0.2) is 39.6 Å². The fourth-order valence-electron chi connectivity index (χ4n) is 2.16. The van der Waals surface area contributed by atoms with Gasteiger partial charge in [-0.3, -0.25) is 0 Å². The van der Waals surface area contributed by atoms with Crippen molar-refractivity contribution in [3.63, 3.8) is 0 Å². The number of amides is 2. The van der Waals surface area contributed by atoms with E-state index in [1.54, 1.807) is 18.2 Å². The molecular formula is C13H17ClN2O4S. The molecule has 1 saturated heterocycles. The largest absolute Gasteiger partial charge is 0.497 e. The summed E-state index contributed by atoms with van der Waals surface area (Å²) in [5, 5.41) is 5.65. The predicted octanol–water partition coefficient (Wildman–Crippen LogP) is 1.90. The molecule has 1 aromatic carbocycles. The van der Waals surface area contributed by atoms with Crippen LogP contribution in [0.2, 0.25) is 5.02 Å². The number of rotatable bonds is 4. The zero-order valence-electron chi connectivity index (χ0n) is 11.6. The SMILES string of the molecule is COc1ccc(NC(=O)NC[C@H]2CCS(=O)(=O)C2)c(Cl)c1. The number of urea groups is 1. The predicted molar refractivity (Wildman–Crippen MR) is 81.8 cm³/mol. The number of halogens is 1. The lowest BCUT2D eigenvalue weighted by Gasteiger charge is -2.12. The first-order valence-electron chi connectivity index (χ1n) is 6.48. The van der Waals surface area contributed by atoms with Crippen LogP contribution in [0, 0.1) is 5.92 Å². The van der Waals surface area contributed by atoms with Gasteiger partial charge < -0.3 is 15.4 Å². The lowest BCUT2D eigenvalue weighted by Crippen LogP contribution is -2.33. The average Bonchev–Trinajstić information content (AvgIpc) is 2.78. The molecule has 1 aliphatic heterocycles. The second kappa shape index (κ2) is 6.53. The van der Waals surface area contributed by atoms with Gasteiger partial charge in [-0.05, 0) is 24.5 Å². The van der Waals surface area contributed by atoms with E-state index >= 15 is 0 Å². The van der Waals surface area contributed by atoms with Crippen molar-refractivity contribution in [2.24, 2.45) is 5.92 Å². The third-order valence-electron chi connectivity index (χ3n) is 3.30. The van der Waals surface area contributed by atoms with Crippen LogP contribution in [0.25, 0.3) is 0 Å². The van der Waals surface area contributed by atoms with Crippen LogP contribution < -0.4 is 15.4 Å². The molecule has 2 rings (SSSR count). The first-order valence-corrected chi connectivity index (χ1v) is 8.68. The lowest BCUT2D eigenvalue weighted by molar-refractivity contribution is 0.250. The number of ether oxygens (including phenoxy) is 1. The summed E-state index contributed by atoms with van der Waals surface area (Å²) in [6.45, 7) is 0.332. The van der Waals surface area contributed by atoms with E-state index < -0.39 is 15.9 Å². The van der Waals surface area contributed by atoms with Crippen LogP contribution in [0.1, 0.15) is 6.42 Å². The Kier molecular flexibility index (Phi) is 4.95. The maximum atomic E-state index is 11.8. The second-order valence-corrected chi connectivity index (χ2v) is 7.59. The number of carbonyl (C=O) groups excluding carboxylic acids is 1. The molecule has 2 N–H and O–H groups in total. The first kappa shape index (κ1) is 15.9. The molecule has 0 spiro atoms.